The van der Waals surface area contributed by atoms with Crippen LogP contribution in [-0.2, 0) is 11.2 Å². The van der Waals surface area contributed by atoms with Crippen LogP contribution in [0.4, 0.5) is 4.79 Å². The molecule has 2 aromatic rings. The van der Waals surface area contributed by atoms with Crippen molar-refractivity contribution < 1.29 is 19.1 Å². The summed E-state index contributed by atoms with van der Waals surface area (Å²) in [7, 11) is 1.62. The maximum absolute atomic E-state index is 12.7. The van der Waals surface area contributed by atoms with Gasteiger partial charge < -0.3 is 15.4 Å². The first-order valence-electron chi connectivity index (χ1n) is 9.18. The number of urea groups is 1. The molecular formula is C21H23N3O4S. The molecule has 0 radical (unpaired) electrons. The molecule has 0 bridgehead atoms. The number of rotatable bonds is 8. The molecule has 29 heavy (non-hydrogen) atoms. The van der Waals surface area contributed by atoms with E-state index in [1.165, 1.54) is 11.8 Å². The molecule has 0 unspecified atom stereocenters. The fourth-order valence-electron chi connectivity index (χ4n) is 3.00. The molecule has 1 atom stereocenters. The van der Waals surface area contributed by atoms with Crippen LogP contribution in [0.3, 0.4) is 0 Å². The predicted octanol–water partition coefficient (Wildman–Crippen LogP) is 2.36. The zero-order valence-corrected chi connectivity index (χ0v) is 17.1. The van der Waals surface area contributed by atoms with Crippen molar-refractivity contribution in [2.75, 3.05) is 19.4 Å². The van der Waals surface area contributed by atoms with Crippen LogP contribution in [0, 0.1) is 0 Å². The summed E-state index contributed by atoms with van der Waals surface area (Å²) in [6.07, 6.45) is 0.648. The van der Waals surface area contributed by atoms with Gasteiger partial charge in [-0.15, -0.1) is 11.8 Å². The number of ether oxygens (including phenoxy) is 1. The predicted molar refractivity (Wildman–Crippen MR) is 111 cm³/mol. The molecule has 8 heteroatoms. The van der Waals surface area contributed by atoms with Gasteiger partial charge in [0.25, 0.3) is 11.8 Å². The second kappa shape index (κ2) is 9.00. The van der Waals surface area contributed by atoms with Crippen molar-refractivity contribution in [3.8, 4) is 5.75 Å². The third-order valence-electron chi connectivity index (χ3n) is 4.64. The van der Waals surface area contributed by atoms with E-state index in [1.807, 2.05) is 36.4 Å². The van der Waals surface area contributed by atoms with Crippen molar-refractivity contribution in [2.45, 2.75) is 23.8 Å². The lowest BCUT2D eigenvalue weighted by atomic mass is 10.1. The fraction of sp³-hybridized carbons (Fsp3) is 0.286. The highest BCUT2D eigenvalue weighted by Crippen LogP contribution is 2.27. The van der Waals surface area contributed by atoms with Crippen molar-refractivity contribution in [3.05, 3.63) is 59.7 Å². The first kappa shape index (κ1) is 20.7. The highest BCUT2D eigenvalue weighted by atomic mass is 32.2. The third-order valence-corrected chi connectivity index (χ3v) is 6.03. The average molecular weight is 413 g/mol. The molecule has 1 aliphatic rings. The van der Waals surface area contributed by atoms with Crippen LogP contribution in [0.15, 0.2) is 53.4 Å². The van der Waals surface area contributed by atoms with E-state index in [2.05, 4.69) is 16.0 Å². The smallest absolute Gasteiger partial charge is 0.322 e. The molecule has 3 rings (SSSR count). The molecule has 1 aliphatic heterocycles. The molecule has 2 aromatic carbocycles. The van der Waals surface area contributed by atoms with E-state index in [0.29, 0.717) is 24.3 Å². The summed E-state index contributed by atoms with van der Waals surface area (Å²) in [6.45, 7) is 2.13. The monoisotopic (exact) mass is 413 g/mol. The maximum atomic E-state index is 12.7. The van der Waals surface area contributed by atoms with Crippen LogP contribution < -0.4 is 20.7 Å². The fourth-order valence-corrected chi connectivity index (χ4v) is 4.14. The van der Waals surface area contributed by atoms with E-state index in [9.17, 15) is 14.4 Å². The Kier molecular flexibility index (Phi) is 6.43. The lowest BCUT2D eigenvalue weighted by Gasteiger charge is -2.20. The molecule has 1 fully saturated rings. The number of carbonyl (C=O) groups is 3. The van der Waals surface area contributed by atoms with E-state index >= 15 is 0 Å². The first-order chi connectivity index (χ1) is 13.9. The van der Waals surface area contributed by atoms with Gasteiger partial charge in [-0.2, -0.15) is 0 Å². The number of benzene rings is 2. The largest absolute Gasteiger partial charge is 0.496 e. The van der Waals surface area contributed by atoms with E-state index in [1.54, 1.807) is 26.2 Å². The van der Waals surface area contributed by atoms with Gasteiger partial charge in [-0.3, -0.25) is 14.9 Å². The summed E-state index contributed by atoms with van der Waals surface area (Å²) in [5, 5.41) is 7.81. The maximum Gasteiger partial charge on any atom is 0.322 e. The quantitative estimate of drug-likeness (QED) is 0.456. The van der Waals surface area contributed by atoms with E-state index in [0.717, 1.165) is 16.2 Å². The lowest BCUT2D eigenvalue weighted by molar-refractivity contribution is -0.122. The normalized spacial score (nSPS) is 18.1. The molecule has 152 valence electrons. The number of imide groups is 1. The van der Waals surface area contributed by atoms with Crippen molar-refractivity contribution in [1.82, 2.24) is 16.0 Å². The van der Waals surface area contributed by atoms with Crippen LogP contribution >= 0.6 is 11.8 Å². The number of carbonyl (C=O) groups excluding carboxylic acids is 3. The van der Waals surface area contributed by atoms with Crippen LogP contribution in [-0.4, -0.2) is 42.8 Å². The molecule has 7 nitrogen and oxygen atoms in total. The highest BCUT2D eigenvalue weighted by molar-refractivity contribution is 7.99. The highest BCUT2D eigenvalue weighted by Gasteiger charge is 2.41. The van der Waals surface area contributed by atoms with E-state index in [4.69, 9.17) is 4.74 Å². The third kappa shape index (κ3) is 4.89. The Morgan fingerprint density at radius 1 is 1.14 bits per heavy atom. The molecule has 4 amide bonds. The second-order valence-electron chi connectivity index (χ2n) is 6.84. The molecule has 0 aromatic heterocycles. The Hall–Kier alpha value is -3.00. The summed E-state index contributed by atoms with van der Waals surface area (Å²) in [5.41, 5.74) is 0.551. The lowest BCUT2D eigenvalue weighted by Crippen LogP contribution is -2.46. The summed E-state index contributed by atoms with van der Waals surface area (Å²) in [6, 6.07) is 14.4. The van der Waals surface area contributed by atoms with Crippen LogP contribution in [0.5, 0.6) is 5.75 Å². The molecular weight excluding hydrogens is 390 g/mol. The molecule has 0 spiro atoms. The Bertz CT molecular complexity index is 934. The number of hydrogen-bond acceptors (Lipinski definition) is 5. The Labute approximate surface area is 173 Å². The van der Waals surface area contributed by atoms with Crippen molar-refractivity contribution in [1.29, 1.82) is 0 Å². The van der Waals surface area contributed by atoms with Crippen molar-refractivity contribution in [2.24, 2.45) is 0 Å². The SMILES string of the molecule is COc1ccccc1CCNC(=O)c1ccccc1SC[C@]1(C)NC(=O)NC1=O. The van der Waals surface area contributed by atoms with Gasteiger partial charge in [0.15, 0.2) is 0 Å². The Morgan fingerprint density at radius 3 is 2.59 bits per heavy atom. The summed E-state index contributed by atoms with van der Waals surface area (Å²) >= 11 is 1.36. The second-order valence-corrected chi connectivity index (χ2v) is 7.86. The van der Waals surface area contributed by atoms with Crippen molar-refractivity contribution in [3.63, 3.8) is 0 Å². The van der Waals surface area contributed by atoms with Gasteiger partial charge in [0.2, 0.25) is 0 Å². The standard InChI is InChI=1S/C21H23N3O4S/c1-21(19(26)23-20(27)24-21)13-29-17-10-6-4-8-15(17)18(25)22-12-11-14-7-3-5-9-16(14)28-2/h3-10H,11-13H2,1-2H3,(H,22,25)(H2,23,24,26,27)/t21-/m0/s1. The van der Waals surface area contributed by atoms with Gasteiger partial charge in [-0.1, -0.05) is 30.3 Å². The zero-order chi connectivity index (χ0) is 20.9. The van der Waals surface area contributed by atoms with Crippen LogP contribution in [0.25, 0.3) is 0 Å². The first-order valence-corrected chi connectivity index (χ1v) is 10.2. The molecule has 1 heterocycles. The van der Waals surface area contributed by atoms with Crippen LogP contribution in [0.2, 0.25) is 0 Å². The van der Waals surface area contributed by atoms with Crippen LogP contribution in [0.1, 0.15) is 22.8 Å². The van der Waals surface area contributed by atoms with Gasteiger partial charge in [0, 0.05) is 17.2 Å². The van der Waals surface area contributed by atoms with E-state index in [-0.39, 0.29) is 11.8 Å². The number of hydrogen-bond donors (Lipinski definition) is 3. The Morgan fingerprint density at radius 2 is 1.86 bits per heavy atom. The van der Waals surface area contributed by atoms with Crippen molar-refractivity contribution >= 4 is 29.6 Å². The van der Waals surface area contributed by atoms with Gasteiger partial charge >= 0.3 is 6.03 Å². The molecule has 1 saturated heterocycles. The number of methoxy groups -OCH3 is 1. The average Bonchev–Trinajstić information content (AvgIpc) is 2.98. The number of para-hydroxylation sites is 1. The van der Waals surface area contributed by atoms with Gasteiger partial charge in [-0.05, 0) is 37.1 Å². The van der Waals surface area contributed by atoms with Gasteiger partial charge in [-0.25, -0.2) is 4.79 Å². The molecule has 0 saturated carbocycles. The number of amides is 4. The molecule has 0 aliphatic carbocycles. The number of thioether (sulfide) groups is 1. The number of nitrogens with one attached hydrogen (secondary N) is 3. The van der Waals surface area contributed by atoms with E-state index < -0.39 is 11.6 Å². The summed E-state index contributed by atoms with van der Waals surface area (Å²) in [4.78, 5) is 36.8. The molecule has 3 N–H and O–H groups in total. The van der Waals surface area contributed by atoms with Gasteiger partial charge in [0.1, 0.15) is 11.3 Å². The minimum Gasteiger partial charge on any atom is -0.496 e. The zero-order valence-electron chi connectivity index (χ0n) is 16.3. The minimum atomic E-state index is -1.00. The summed E-state index contributed by atoms with van der Waals surface area (Å²) in [5.74, 6) is 0.556. The summed E-state index contributed by atoms with van der Waals surface area (Å²) < 4.78 is 5.33. The minimum absolute atomic E-state index is 0.187. The topological polar surface area (TPSA) is 96.5 Å². The Balaban J connectivity index is 1.61. The van der Waals surface area contributed by atoms with Gasteiger partial charge in [0.05, 0.1) is 12.7 Å².